The number of fused-ring (bicyclic) bond motifs is 1. The van der Waals surface area contributed by atoms with Gasteiger partial charge >= 0.3 is 5.97 Å². The Kier molecular flexibility index (Phi) is 7.47. The fourth-order valence-corrected chi connectivity index (χ4v) is 3.66. The molecule has 0 unspecified atom stereocenters. The number of benzene rings is 4. The molecule has 0 aliphatic carbocycles. The highest BCUT2D eigenvalue weighted by molar-refractivity contribution is 5.97. The van der Waals surface area contributed by atoms with E-state index in [1.54, 1.807) is 37.3 Å². The number of carbonyl (C=O) groups excluding carboxylic acids is 2. The van der Waals surface area contributed by atoms with Crippen LogP contribution in [0.4, 0.5) is 11.4 Å². The fraction of sp³-hybridized carbons (Fsp3) is 0.143. The first-order valence-corrected chi connectivity index (χ1v) is 11.3. The van der Waals surface area contributed by atoms with E-state index in [1.165, 1.54) is 0 Å². The number of nitrogens with one attached hydrogen (secondary N) is 1. The number of esters is 1. The summed E-state index contributed by atoms with van der Waals surface area (Å²) in [6.07, 6.45) is 0.326. The summed E-state index contributed by atoms with van der Waals surface area (Å²) < 4.78 is 5.14. The van der Waals surface area contributed by atoms with E-state index in [4.69, 9.17) is 4.74 Å². The number of carbonyl (C=O) groups is 2. The molecule has 0 saturated carbocycles. The number of hydrogen-bond donors (Lipinski definition) is 2. The quantitative estimate of drug-likeness (QED) is 0.250. The molecule has 7 nitrogen and oxygen atoms in total. The van der Waals surface area contributed by atoms with Gasteiger partial charge in [0, 0.05) is 17.4 Å². The number of nitrogens with zero attached hydrogens (tertiary/aromatic N) is 2. The third kappa shape index (κ3) is 5.89. The molecule has 1 amide bonds. The zero-order valence-electron chi connectivity index (χ0n) is 19.2. The minimum absolute atomic E-state index is 0.0341. The number of phenolic OH excluding ortho intramolecular Hbond substituents is 1. The lowest BCUT2D eigenvalue weighted by atomic mass is 10.1. The summed E-state index contributed by atoms with van der Waals surface area (Å²) in [4.78, 5) is 25.3. The number of amides is 1. The van der Waals surface area contributed by atoms with Crippen molar-refractivity contribution >= 4 is 34.0 Å². The first-order chi connectivity index (χ1) is 17.0. The predicted molar refractivity (Wildman–Crippen MR) is 134 cm³/mol. The normalized spacial score (nSPS) is 11.9. The van der Waals surface area contributed by atoms with Crippen LogP contribution in [0.1, 0.15) is 22.8 Å². The molecule has 4 rings (SSSR count). The molecule has 7 heteroatoms. The molecule has 0 heterocycles. The average Bonchev–Trinajstić information content (AvgIpc) is 2.89. The minimum atomic E-state index is -0.807. The van der Waals surface area contributed by atoms with Gasteiger partial charge in [-0.1, -0.05) is 60.7 Å². The van der Waals surface area contributed by atoms with Crippen LogP contribution in [0.5, 0.6) is 5.75 Å². The van der Waals surface area contributed by atoms with E-state index < -0.39 is 17.9 Å². The van der Waals surface area contributed by atoms with Crippen LogP contribution in [0.2, 0.25) is 0 Å². The van der Waals surface area contributed by atoms with Gasteiger partial charge in [-0.05, 0) is 48.2 Å². The molecule has 35 heavy (non-hydrogen) atoms. The van der Waals surface area contributed by atoms with Gasteiger partial charge in [-0.2, -0.15) is 5.11 Å². The molecule has 0 aliphatic heterocycles. The topological polar surface area (TPSA) is 100 Å². The van der Waals surface area contributed by atoms with Crippen LogP contribution in [0.15, 0.2) is 101 Å². The molecule has 176 valence electrons. The third-order valence-corrected chi connectivity index (χ3v) is 5.43. The van der Waals surface area contributed by atoms with Gasteiger partial charge in [0.25, 0.3) is 5.91 Å². The molecule has 0 radical (unpaired) electrons. The standard InChI is InChI=1S/C28H25N3O4/c1-2-35-28(34)24(18-19-8-4-3-5-9-19)29-27(33)21-12-15-22(16-13-21)30-31-26-23-11-7-6-10-20(23)14-17-25(26)32/h3-17,24,32H,2,18H2,1H3,(H,29,33)/t24-/m0/s1. The van der Waals surface area contributed by atoms with E-state index in [9.17, 15) is 14.7 Å². The van der Waals surface area contributed by atoms with Gasteiger partial charge < -0.3 is 15.2 Å². The Balaban J connectivity index is 1.48. The van der Waals surface area contributed by atoms with Crippen LogP contribution in [0, 0.1) is 0 Å². The van der Waals surface area contributed by atoms with E-state index in [0.717, 1.165) is 16.3 Å². The second-order valence-electron chi connectivity index (χ2n) is 7.87. The summed E-state index contributed by atoms with van der Waals surface area (Å²) in [5.41, 5.74) is 2.18. The van der Waals surface area contributed by atoms with Crippen molar-refractivity contribution in [3.05, 3.63) is 102 Å². The Morgan fingerprint density at radius 3 is 2.34 bits per heavy atom. The lowest BCUT2D eigenvalue weighted by molar-refractivity contribution is -0.145. The monoisotopic (exact) mass is 467 g/mol. The smallest absolute Gasteiger partial charge is 0.328 e. The SMILES string of the molecule is CCOC(=O)[C@H](Cc1ccccc1)NC(=O)c1ccc(N=Nc2c(O)ccc3ccccc23)cc1. The molecule has 0 fully saturated rings. The maximum atomic E-state index is 12.8. The van der Waals surface area contributed by atoms with Gasteiger partial charge in [0.15, 0.2) is 0 Å². The highest BCUT2D eigenvalue weighted by Gasteiger charge is 2.23. The Bertz CT molecular complexity index is 1350. The summed E-state index contributed by atoms with van der Waals surface area (Å²) in [7, 11) is 0. The number of azo groups is 1. The molecule has 0 aromatic heterocycles. The Labute approximate surface area is 203 Å². The van der Waals surface area contributed by atoms with E-state index in [-0.39, 0.29) is 12.4 Å². The minimum Gasteiger partial charge on any atom is -0.506 e. The second kappa shape index (κ2) is 11.1. The largest absolute Gasteiger partial charge is 0.506 e. The number of phenols is 1. The Hall–Kier alpha value is -4.52. The van der Waals surface area contributed by atoms with Crippen LogP contribution < -0.4 is 5.32 Å². The van der Waals surface area contributed by atoms with Crippen LogP contribution in [0.25, 0.3) is 10.8 Å². The van der Waals surface area contributed by atoms with Crippen LogP contribution in [0.3, 0.4) is 0 Å². The maximum Gasteiger partial charge on any atom is 0.328 e. The molecule has 1 atom stereocenters. The summed E-state index contributed by atoms with van der Waals surface area (Å²) in [5, 5.41) is 23.2. The van der Waals surface area contributed by atoms with Gasteiger partial charge in [-0.3, -0.25) is 4.79 Å². The zero-order valence-corrected chi connectivity index (χ0v) is 19.2. The van der Waals surface area contributed by atoms with Crippen molar-refractivity contribution in [1.29, 1.82) is 0 Å². The van der Waals surface area contributed by atoms with Crippen LogP contribution in [-0.2, 0) is 16.0 Å². The summed E-state index contributed by atoms with van der Waals surface area (Å²) >= 11 is 0. The van der Waals surface area contributed by atoms with E-state index >= 15 is 0 Å². The van der Waals surface area contributed by atoms with Gasteiger partial charge in [-0.25, -0.2) is 4.79 Å². The molecule has 4 aromatic rings. The zero-order chi connectivity index (χ0) is 24.6. The van der Waals surface area contributed by atoms with Crippen molar-refractivity contribution in [1.82, 2.24) is 5.32 Å². The highest BCUT2D eigenvalue weighted by atomic mass is 16.5. The number of rotatable bonds is 8. The summed E-state index contributed by atoms with van der Waals surface area (Å²) in [6.45, 7) is 1.95. The summed E-state index contributed by atoms with van der Waals surface area (Å²) in [5.74, 6) is -0.842. The third-order valence-electron chi connectivity index (χ3n) is 5.43. The van der Waals surface area contributed by atoms with E-state index in [2.05, 4.69) is 15.5 Å². The molecule has 0 spiro atoms. The summed E-state index contributed by atoms with van der Waals surface area (Å²) in [6, 6.07) is 26.1. The second-order valence-corrected chi connectivity index (χ2v) is 7.87. The number of hydrogen-bond acceptors (Lipinski definition) is 6. The lowest BCUT2D eigenvalue weighted by Gasteiger charge is -2.17. The molecular formula is C28H25N3O4. The lowest BCUT2D eigenvalue weighted by Crippen LogP contribution is -2.43. The Morgan fingerprint density at radius 2 is 1.60 bits per heavy atom. The average molecular weight is 468 g/mol. The first kappa shape index (κ1) is 23.6. The van der Waals surface area contributed by atoms with Crippen molar-refractivity contribution in [3.8, 4) is 5.75 Å². The van der Waals surface area contributed by atoms with Gasteiger partial charge in [0.05, 0.1) is 12.3 Å². The van der Waals surface area contributed by atoms with Gasteiger partial charge in [-0.15, -0.1) is 5.11 Å². The van der Waals surface area contributed by atoms with E-state index in [0.29, 0.717) is 23.4 Å². The van der Waals surface area contributed by atoms with Gasteiger partial charge in [0.1, 0.15) is 17.5 Å². The molecule has 0 aliphatic rings. The fourth-order valence-electron chi connectivity index (χ4n) is 3.66. The van der Waals surface area contributed by atoms with Crippen molar-refractivity contribution in [3.63, 3.8) is 0 Å². The Morgan fingerprint density at radius 1 is 0.886 bits per heavy atom. The van der Waals surface area contributed by atoms with Crippen molar-refractivity contribution < 1.29 is 19.4 Å². The molecular weight excluding hydrogens is 442 g/mol. The van der Waals surface area contributed by atoms with Gasteiger partial charge in [0.2, 0.25) is 0 Å². The van der Waals surface area contributed by atoms with E-state index in [1.807, 2.05) is 60.7 Å². The van der Waals surface area contributed by atoms with Crippen LogP contribution in [-0.4, -0.2) is 29.6 Å². The van der Waals surface area contributed by atoms with Crippen LogP contribution >= 0.6 is 0 Å². The highest BCUT2D eigenvalue weighted by Crippen LogP contribution is 2.35. The van der Waals surface area contributed by atoms with Crippen molar-refractivity contribution in [2.24, 2.45) is 10.2 Å². The van der Waals surface area contributed by atoms with Crippen molar-refractivity contribution in [2.75, 3.05) is 6.61 Å². The first-order valence-electron chi connectivity index (χ1n) is 11.3. The number of aromatic hydroxyl groups is 1. The molecule has 2 N–H and O–H groups in total. The van der Waals surface area contributed by atoms with Crippen molar-refractivity contribution in [2.45, 2.75) is 19.4 Å². The predicted octanol–water partition coefficient (Wildman–Crippen LogP) is 5.87. The molecule has 4 aromatic carbocycles. The number of ether oxygens (including phenoxy) is 1. The molecule has 0 saturated heterocycles. The molecule has 0 bridgehead atoms. The maximum absolute atomic E-state index is 12.8.